The van der Waals surface area contributed by atoms with E-state index in [1.165, 1.54) is 6.08 Å². The SMILES string of the molecule is C/C=C/C=C/C(=O)Nc1cc(Cl)cc2cnccc12. The summed E-state index contributed by atoms with van der Waals surface area (Å²) in [6.07, 6.45) is 10.2. The maximum absolute atomic E-state index is 11.8. The Labute approximate surface area is 116 Å². The van der Waals surface area contributed by atoms with E-state index in [1.54, 1.807) is 30.6 Å². The molecule has 1 amide bonds. The lowest BCUT2D eigenvalue weighted by molar-refractivity contribution is -0.111. The van der Waals surface area contributed by atoms with Crippen molar-refractivity contribution in [2.45, 2.75) is 6.92 Å². The highest BCUT2D eigenvalue weighted by Gasteiger charge is 2.05. The fourth-order valence-corrected chi connectivity index (χ4v) is 1.93. The minimum Gasteiger partial charge on any atom is -0.322 e. The Morgan fingerprint density at radius 3 is 3.00 bits per heavy atom. The number of carbonyl (C=O) groups is 1. The van der Waals surface area contributed by atoms with Crippen molar-refractivity contribution in [3.63, 3.8) is 0 Å². The second-order valence-corrected chi connectivity index (χ2v) is 4.36. The zero-order valence-corrected chi connectivity index (χ0v) is 11.2. The highest BCUT2D eigenvalue weighted by molar-refractivity contribution is 6.32. The van der Waals surface area contributed by atoms with Crippen LogP contribution < -0.4 is 5.32 Å². The van der Waals surface area contributed by atoms with Gasteiger partial charge in [0.15, 0.2) is 0 Å². The molecular weight excluding hydrogens is 260 g/mol. The van der Waals surface area contributed by atoms with Crippen molar-refractivity contribution in [1.29, 1.82) is 0 Å². The first-order chi connectivity index (χ1) is 9.20. The number of amides is 1. The summed E-state index contributed by atoms with van der Waals surface area (Å²) in [6, 6.07) is 5.39. The molecule has 0 atom stereocenters. The van der Waals surface area contributed by atoms with Crippen molar-refractivity contribution in [1.82, 2.24) is 4.98 Å². The van der Waals surface area contributed by atoms with Gasteiger partial charge < -0.3 is 5.32 Å². The van der Waals surface area contributed by atoms with E-state index in [9.17, 15) is 4.79 Å². The number of hydrogen-bond acceptors (Lipinski definition) is 2. The van der Waals surface area contributed by atoms with Gasteiger partial charge in [0.2, 0.25) is 5.91 Å². The standard InChI is InChI=1S/C15H13ClN2O/c1-2-3-4-5-15(19)18-14-9-12(16)8-11-10-17-7-6-13(11)14/h2-10H,1H3,(H,18,19)/b3-2+,5-4+. The third-order valence-corrected chi connectivity index (χ3v) is 2.74. The minimum absolute atomic E-state index is 0.196. The summed E-state index contributed by atoms with van der Waals surface area (Å²) in [5, 5.41) is 5.18. The highest BCUT2D eigenvalue weighted by atomic mass is 35.5. The number of carbonyl (C=O) groups excluding carboxylic acids is 1. The molecule has 0 unspecified atom stereocenters. The van der Waals surface area contributed by atoms with Gasteiger partial charge in [-0.3, -0.25) is 9.78 Å². The zero-order valence-electron chi connectivity index (χ0n) is 10.4. The van der Waals surface area contributed by atoms with Crippen molar-refractivity contribution in [2.24, 2.45) is 0 Å². The van der Waals surface area contributed by atoms with Crippen LogP contribution in [0.25, 0.3) is 10.8 Å². The maximum Gasteiger partial charge on any atom is 0.248 e. The molecule has 0 radical (unpaired) electrons. The predicted molar refractivity (Wildman–Crippen MR) is 79.3 cm³/mol. The molecule has 0 saturated carbocycles. The lowest BCUT2D eigenvalue weighted by Crippen LogP contribution is -2.08. The van der Waals surface area contributed by atoms with Gasteiger partial charge in [0.05, 0.1) is 5.69 Å². The minimum atomic E-state index is -0.196. The van der Waals surface area contributed by atoms with E-state index in [0.29, 0.717) is 10.7 Å². The third-order valence-electron chi connectivity index (χ3n) is 2.53. The largest absolute Gasteiger partial charge is 0.322 e. The Hall–Kier alpha value is -2.13. The molecule has 2 rings (SSSR count). The molecule has 2 aromatic rings. The quantitative estimate of drug-likeness (QED) is 0.679. The molecule has 1 N–H and O–H groups in total. The van der Waals surface area contributed by atoms with Crippen LogP contribution in [0, 0.1) is 0 Å². The molecule has 96 valence electrons. The number of aromatic nitrogens is 1. The van der Waals surface area contributed by atoms with Crippen molar-refractivity contribution in [3.05, 3.63) is 59.9 Å². The summed E-state index contributed by atoms with van der Waals surface area (Å²) in [4.78, 5) is 15.8. The number of anilines is 1. The molecule has 0 spiro atoms. The molecule has 0 bridgehead atoms. The third kappa shape index (κ3) is 3.42. The van der Waals surface area contributed by atoms with E-state index >= 15 is 0 Å². The molecule has 0 fully saturated rings. The van der Waals surface area contributed by atoms with Crippen LogP contribution in [0.2, 0.25) is 5.02 Å². The second-order valence-electron chi connectivity index (χ2n) is 3.92. The van der Waals surface area contributed by atoms with E-state index < -0.39 is 0 Å². The van der Waals surface area contributed by atoms with Crippen molar-refractivity contribution < 1.29 is 4.79 Å². The maximum atomic E-state index is 11.8. The van der Waals surface area contributed by atoms with E-state index in [0.717, 1.165) is 10.8 Å². The van der Waals surface area contributed by atoms with Crippen LogP contribution in [0.4, 0.5) is 5.69 Å². The fraction of sp³-hybridized carbons (Fsp3) is 0.0667. The number of hydrogen-bond donors (Lipinski definition) is 1. The van der Waals surface area contributed by atoms with Crippen LogP contribution in [-0.2, 0) is 4.79 Å². The average Bonchev–Trinajstić information content (AvgIpc) is 2.39. The molecule has 3 nitrogen and oxygen atoms in total. The number of benzene rings is 1. The lowest BCUT2D eigenvalue weighted by atomic mass is 10.1. The molecule has 0 saturated heterocycles. The van der Waals surface area contributed by atoms with Crippen LogP contribution in [0.3, 0.4) is 0 Å². The van der Waals surface area contributed by atoms with Gasteiger partial charge in [0.25, 0.3) is 0 Å². The summed E-state index contributed by atoms with van der Waals surface area (Å²) in [6.45, 7) is 1.89. The molecule has 1 aromatic heterocycles. The van der Waals surface area contributed by atoms with Gasteiger partial charge in [0.1, 0.15) is 0 Å². The van der Waals surface area contributed by atoms with Gasteiger partial charge >= 0.3 is 0 Å². The van der Waals surface area contributed by atoms with Crippen LogP contribution in [0.1, 0.15) is 6.92 Å². The molecule has 1 heterocycles. The summed E-state index contributed by atoms with van der Waals surface area (Å²) < 4.78 is 0. The normalized spacial score (nSPS) is 11.5. The second kappa shape index (κ2) is 6.16. The first-order valence-electron chi connectivity index (χ1n) is 5.84. The fourth-order valence-electron chi connectivity index (χ4n) is 1.70. The summed E-state index contributed by atoms with van der Waals surface area (Å²) in [5.74, 6) is -0.196. The van der Waals surface area contributed by atoms with Gasteiger partial charge in [-0.05, 0) is 25.1 Å². The first kappa shape index (κ1) is 13.3. The molecule has 0 aliphatic rings. The Morgan fingerprint density at radius 2 is 2.21 bits per heavy atom. The molecule has 0 aliphatic carbocycles. The molecule has 0 aliphatic heterocycles. The Morgan fingerprint density at radius 1 is 1.37 bits per heavy atom. The van der Waals surface area contributed by atoms with Crippen LogP contribution in [-0.4, -0.2) is 10.9 Å². The van der Waals surface area contributed by atoms with Crippen LogP contribution in [0.5, 0.6) is 0 Å². The van der Waals surface area contributed by atoms with E-state index in [1.807, 2.05) is 25.1 Å². The van der Waals surface area contributed by atoms with Crippen LogP contribution >= 0.6 is 11.6 Å². The van der Waals surface area contributed by atoms with Crippen molar-refractivity contribution in [3.8, 4) is 0 Å². The number of rotatable bonds is 3. The summed E-state index contributed by atoms with van der Waals surface area (Å²) >= 11 is 6.03. The Bertz CT molecular complexity index is 662. The lowest BCUT2D eigenvalue weighted by Gasteiger charge is -2.07. The number of fused-ring (bicyclic) bond motifs is 1. The molecule has 4 heteroatoms. The molecule has 19 heavy (non-hydrogen) atoms. The van der Waals surface area contributed by atoms with Gasteiger partial charge in [-0.25, -0.2) is 0 Å². The Balaban J connectivity index is 2.32. The van der Waals surface area contributed by atoms with Gasteiger partial charge in [0, 0.05) is 34.3 Å². The summed E-state index contributed by atoms with van der Waals surface area (Å²) in [5.41, 5.74) is 0.681. The number of pyridine rings is 1. The van der Waals surface area contributed by atoms with E-state index in [4.69, 9.17) is 11.6 Å². The topological polar surface area (TPSA) is 42.0 Å². The van der Waals surface area contributed by atoms with Gasteiger partial charge in [-0.1, -0.05) is 29.8 Å². The first-order valence-corrected chi connectivity index (χ1v) is 6.22. The van der Waals surface area contributed by atoms with E-state index in [-0.39, 0.29) is 5.91 Å². The van der Waals surface area contributed by atoms with Gasteiger partial charge in [-0.15, -0.1) is 0 Å². The number of nitrogens with one attached hydrogen (secondary N) is 1. The van der Waals surface area contributed by atoms with Crippen molar-refractivity contribution in [2.75, 3.05) is 5.32 Å². The van der Waals surface area contributed by atoms with Gasteiger partial charge in [-0.2, -0.15) is 0 Å². The van der Waals surface area contributed by atoms with Crippen LogP contribution in [0.15, 0.2) is 54.9 Å². The number of nitrogens with zero attached hydrogens (tertiary/aromatic N) is 1. The Kier molecular flexibility index (Phi) is 4.31. The molecule has 1 aromatic carbocycles. The van der Waals surface area contributed by atoms with Crippen molar-refractivity contribution >= 4 is 34.0 Å². The molecular formula is C15H13ClN2O. The smallest absolute Gasteiger partial charge is 0.248 e. The number of allylic oxidation sites excluding steroid dienone is 3. The average molecular weight is 273 g/mol. The predicted octanol–water partition coefficient (Wildman–Crippen LogP) is 3.96. The number of halogens is 1. The zero-order chi connectivity index (χ0) is 13.7. The summed E-state index contributed by atoms with van der Waals surface area (Å²) in [7, 11) is 0. The van der Waals surface area contributed by atoms with E-state index in [2.05, 4.69) is 10.3 Å². The monoisotopic (exact) mass is 272 g/mol. The highest BCUT2D eigenvalue weighted by Crippen LogP contribution is 2.27.